The minimum absolute atomic E-state index is 0.209. The molecule has 3 aliphatic rings. The van der Waals surface area contributed by atoms with Crippen LogP contribution in [-0.4, -0.2) is 47.7 Å². The van der Waals surface area contributed by atoms with E-state index in [-0.39, 0.29) is 24.1 Å². The number of amides is 4. The molecule has 33 heavy (non-hydrogen) atoms. The van der Waals surface area contributed by atoms with Crippen LogP contribution in [0.4, 0.5) is 5.69 Å². The predicted molar refractivity (Wildman–Crippen MR) is 122 cm³/mol. The van der Waals surface area contributed by atoms with Crippen molar-refractivity contribution in [3.8, 4) is 0 Å². The molecule has 5 rings (SSSR count). The highest BCUT2D eigenvalue weighted by molar-refractivity contribution is 6.09. The van der Waals surface area contributed by atoms with Crippen LogP contribution in [0.15, 0.2) is 42.5 Å². The van der Waals surface area contributed by atoms with Gasteiger partial charge in [-0.1, -0.05) is 24.3 Å². The van der Waals surface area contributed by atoms with Crippen molar-refractivity contribution in [2.45, 2.75) is 44.2 Å². The molecule has 0 saturated carbocycles. The van der Waals surface area contributed by atoms with E-state index in [1.807, 2.05) is 18.2 Å². The molecule has 1 atom stereocenters. The summed E-state index contributed by atoms with van der Waals surface area (Å²) < 4.78 is 0. The molecule has 8 heteroatoms. The van der Waals surface area contributed by atoms with E-state index in [0.717, 1.165) is 42.7 Å². The van der Waals surface area contributed by atoms with Gasteiger partial charge in [-0.25, -0.2) is 0 Å². The van der Waals surface area contributed by atoms with Gasteiger partial charge in [-0.05, 0) is 67.6 Å². The number of hydrogen-bond donors (Lipinski definition) is 3. The van der Waals surface area contributed by atoms with Crippen LogP contribution >= 0.6 is 0 Å². The normalized spacial score (nSPS) is 21.0. The first-order valence-electron chi connectivity index (χ1n) is 11.4. The lowest BCUT2D eigenvalue weighted by molar-refractivity contribution is -0.136. The van der Waals surface area contributed by atoms with Gasteiger partial charge < -0.3 is 15.5 Å². The molecule has 3 N–H and O–H groups in total. The van der Waals surface area contributed by atoms with Crippen LogP contribution in [0.25, 0.3) is 0 Å². The highest BCUT2D eigenvalue weighted by Crippen LogP contribution is 2.32. The van der Waals surface area contributed by atoms with Gasteiger partial charge in [0.25, 0.3) is 11.8 Å². The van der Waals surface area contributed by atoms with Crippen LogP contribution in [0.3, 0.4) is 0 Å². The molecule has 0 aliphatic carbocycles. The van der Waals surface area contributed by atoms with Crippen molar-refractivity contribution in [1.82, 2.24) is 15.5 Å². The number of carbonyl (C=O) groups is 4. The summed E-state index contributed by atoms with van der Waals surface area (Å²) in [7, 11) is 0. The first-order valence-corrected chi connectivity index (χ1v) is 11.4. The number of benzene rings is 2. The summed E-state index contributed by atoms with van der Waals surface area (Å²) in [5, 5.41) is 8.70. The van der Waals surface area contributed by atoms with E-state index in [4.69, 9.17) is 0 Å². The molecule has 2 fully saturated rings. The summed E-state index contributed by atoms with van der Waals surface area (Å²) in [6.07, 6.45) is 2.57. The average molecular weight is 447 g/mol. The number of carbonyl (C=O) groups excluding carboxylic acids is 4. The Labute approximate surface area is 191 Å². The van der Waals surface area contributed by atoms with Crippen LogP contribution in [0.5, 0.6) is 0 Å². The molecule has 4 amide bonds. The van der Waals surface area contributed by atoms with Gasteiger partial charge in [0.05, 0.1) is 0 Å². The maximum atomic E-state index is 13.1. The Morgan fingerprint density at radius 3 is 2.58 bits per heavy atom. The van der Waals surface area contributed by atoms with Crippen molar-refractivity contribution in [3.63, 3.8) is 0 Å². The Morgan fingerprint density at radius 2 is 1.79 bits per heavy atom. The number of anilines is 1. The number of hydrogen-bond acceptors (Lipinski definition) is 5. The highest BCUT2D eigenvalue weighted by Gasteiger charge is 2.39. The van der Waals surface area contributed by atoms with E-state index in [9.17, 15) is 19.2 Å². The van der Waals surface area contributed by atoms with E-state index in [1.165, 1.54) is 4.90 Å². The summed E-state index contributed by atoms with van der Waals surface area (Å²) >= 11 is 0. The summed E-state index contributed by atoms with van der Waals surface area (Å²) in [6.45, 7) is 2.22. The third-order valence-electron chi connectivity index (χ3n) is 6.78. The lowest BCUT2D eigenvalue weighted by atomic mass is 9.89. The van der Waals surface area contributed by atoms with E-state index in [0.29, 0.717) is 30.0 Å². The largest absolute Gasteiger partial charge is 0.322 e. The summed E-state index contributed by atoms with van der Waals surface area (Å²) in [5.74, 6) is -0.925. The molecule has 0 bridgehead atoms. The van der Waals surface area contributed by atoms with E-state index in [2.05, 4.69) is 22.0 Å². The van der Waals surface area contributed by atoms with Gasteiger partial charge in [-0.3, -0.25) is 24.5 Å². The Morgan fingerprint density at radius 1 is 1.00 bits per heavy atom. The molecular weight excluding hydrogens is 420 g/mol. The SMILES string of the molecule is O=C1CCC(N2Cc3ccc(C(=O)Nc4ccccc4C4CCNCC4)cc3C2=O)C(=O)N1. The molecular formula is C25H26N4O4. The van der Waals surface area contributed by atoms with Crippen molar-refractivity contribution in [2.24, 2.45) is 0 Å². The fraction of sp³-hybridized carbons (Fsp3) is 0.360. The lowest BCUT2D eigenvalue weighted by Crippen LogP contribution is -2.52. The maximum absolute atomic E-state index is 13.1. The fourth-order valence-electron chi connectivity index (χ4n) is 4.99. The molecule has 1 unspecified atom stereocenters. The number of imide groups is 1. The smallest absolute Gasteiger partial charge is 0.255 e. The number of piperidine rings is 2. The third kappa shape index (κ3) is 4.14. The van der Waals surface area contributed by atoms with Crippen LogP contribution in [0, 0.1) is 0 Å². The number of fused-ring (bicyclic) bond motifs is 1. The molecule has 170 valence electrons. The topological polar surface area (TPSA) is 108 Å². The molecule has 8 nitrogen and oxygen atoms in total. The first-order chi connectivity index (χ1) is 16.0. The minimum atomic E-state index is -0.670. The summed E-state index contributed by atoms with van der Waals surface area (Å²) in [4.78, 5) is 51.3. The van der Waals surface area contributed by atoms with Gasteiger partial charge in [0.15, 0.2) is 0 Å². The molecule has 0 spiro atoms. The van der Waals surface area contributed by atoms with Crippen LogP contribution in [0.1, 0.15) is 63.4 Å². The van der Waals surface area contributed by atoms with Crippen LogP contribution in [0.2, 0.25) is 0 Å². The van der Waals surface area contributed by atoms with Crippen molar-refractivity contribution < 1.29 is 19.2 Å². The number of nitrogens with zero attached hydrogens (tertiary/aromatic N) is 1. The molecule has 3 heterocycles. The highest BCUT2D eigenvalue weighted by atomic mass is 16.2. The van der Waals surface area contributed by atoms with Gasteiger partial charge in [-0.15, -0.1) is 0 Å². The molecule has 0 aromatic heterocycles. The third-order valence-corrected chi connectivity index (χ3v) is 6.78. The van der Waals surface area contributed by atoms with Crippen LogP contribution in [-0.2, 0) is 16.1 Å². The quantitative estimate of drug-likeness (QED) is 0.624. The summed E-state index contributed by atoms with van der Waals surface area (Å²) in [6, 6.07) is 12.3. The Hall–Kier alpha value is -3.52. The average Bonchev–Trinajstić information content (AvgIpc) is 3.15. The predicted octanol–water partition coefficient (Wildman–Crippen LogP) is 2.17. The Bertz CT molecular complexity index is 1140. The van der Waals surface area contributed by atoms with Gasteiger partial charge in [0.2, 0.25) is 11.8 Å². The van der Waals surface area contributed by atoms with Crippen molar-refractivity contribution >= 4 is 29.3 Å². The number of rotatable bonds is 4. The van der Waals surface area contributed by atoms with Crippen LogP contribution < -0.4 is 16.0 Å². The molecule has 0 radical (unpaired) electrons. The zero-order valence-corrected chi connectivity index (χ0v) is 18.2. The molecule has 3 aliphatic heterocycles. The summed E-state index contributed by atoms with van der Waals surface area (Å²) in [5.41, 5.74) is 3.53. The fourth-order valence-corrected chi connectivity index (χ4v) is 4.99. The zero-order chi connectivity index (χ0) is 22.9. The van der Waals surface area contributed by atoms with Crippen molar-refractivity contribution in [1.29, 1.82) is 0 Å². The van der Waals surface area contributed by atoms with Crippen molar-refractivity contribution in [3.05, 3.63) is 64.7 Å². The van der Waals surface area contributed by atoms with E-state index >= 15 is 0 Å². The van der Waals surface area contributed by atoms with Crippen molar-refractivity contribution in [2.75, 3.05) is 18.4 Å². The van der Waals surface area contributed by atoms with E-state index < -0.39 is 11.9 Å². The monoisotopic (exact) mass is 446 g/mol. The Balaban J connectivity index is 1.34. The minimum Gasteiger partial charge on any atom is -0.322 e. The second-order valence-corrected chi connectivity index (χ2v) is 8.84. The lowest BCUT2D eigenvalue weighted by Gasteiger charge is -2.29. The number of nitrogens with one attached hydrogen (secondary N) is 3. The molecule has 2 saturated heterocycles. The second-order valence-electron chi connectivity index (χ2n) is 8.84. The number of para-hydroxylation sites is 1. The zero-order valence-electron chi connectivity index (χ0n) is 18.2. The second kappa shape index (κ2) is 8.78. The molecule has 2 aromatic carbocycles. The van der Waals surface area contributed by atoms with Gasteiger partial charge in [0.1, 0.15) is 6.04 Å². The first kappa shape index (κ1) is 21.3. The molecule has 2 aromatic rings. The van der Waals surface area contributed by atoms with E-state index in [1.54, 1.807) is 18.2 Å². The van der Waals surface area contributed by atoms with Gasteiger partial charge in [0, 0.05) is 29.8 Å². The van der Waals surface area contributed by atoms with Gasteiger partial charge in [-0.2, -0.15) is 0 Å². The Kier molecular flexibility index (Phi) is 5.68. The standard InChI is InChI=1S/C25H26N4O4/c30-22-8-7-21(24(32)28-22)29-14-17-6-5-16(13-19(17)25(29)33)23(31)27-20-4-2-1-3-18(20)15-9-11-26-12-10-15/h1-6,13,15,21,26H,7-12,14H2,(H,27,31)(H,28,30,32). The maximum Gasteiger partial charge on any atom is 0.255 e. The van der Waals surface area contributed by atoms with Gasteiger partial charge >= 0.3 is 0 Å².